The van der Waals surface area contributed by atoms with Crippen LogP contribution in [0.15, 0.2) is 35.7 Å². The Hall–Kier alpha value is -1.43. The van der Waals surface area contributed by atoms with Gasteiger partial charge in [0, 0.05) is 29.6 Å². The fourth-order valence-electron chi connectivity index (χ4n) is 1.88. The fraction of sp³-hybridized carbons (Fsp3) is 0.286. The molecule has 2 aromatic rings. The van der Waals surface area contributed by atoms with Crippen molar-refractivity contribution in [3.05, 3.63) is 61.3 Å². The zero-order chi connectivity index (χ0) is 14.5. The lowest BCUT2D eigenvalue weighted by molar-refractivity contribution is -0.384. The number of nitro benzene ring substituents is 1. The molecule has 106 valence electrons. The van der Waals surface area contributed by atoms with E-state index in [4.69, 9.17) is 11.6 Å². The molecule has 0 saturated carbocycles. The Kier molecular flexibility index (Phi) is 5.11. The van der Waals surface area contributed by atoms with Crippen molar-refractivity contribution in [1.29, 1.82) is 0 Å². The molecule has 1 aromatic heterocycles. The summed E-state index contributed by atoms with van der Waals surface area (Å²) < 4.78 is 0. The number of benzene rings is 1. The monoisotopic (exact) mass is 310 g/mol. The molecule has 1 unspecified atom stereocenters. The van der Waals surface area contributed by atoms with E-state index >= 15 is 0 Å². The molecule has 0 aliphatic rings. The van der Waals surface area contributed by atoms with Gasteiger partial charge in [-0.3, -0.25) is 10.1 Å². The number of hydrogen-bond donors (Lipinski definition) is 1. The summed E-state index contributed by atoms with van der Waals surface area (Å²) in [7, 11) is 0. The summed E-state index contributed by atoms with van der Waals surface area (Å²) in [6.45, 7) is 2.71. The first-order valence-corrected chi connectivity index (χ1v) is 7.50. The predicted molar refractivity (Wildman–Crippen MR) is 82.4 cm³/mol. The summed E-state index contributed by atoms with van der Waals surface area (Å²) in [6, 6.07) is 9.04. The standard InChI is InChI=1S/C14H15ClN2O2S/c1-10(7-13-3-2-6-20-13)16-9-11-4-5-12(17(18)19)8-14(11)15/h2-6,8,10,16H,7,9H2,1H3. The van der Waals surface area contributed by atoms with Gasteiger partial charge >= 0.3 is 0 Å². The van der Waals surface area contributed by atoms with Crippen molar-refractivity contribution in [2.24, 2.45) is 0 Å². The summed E-state index contributed by atoms with van der Waals surface area (Å²) in [5, 5.41) is 16.5. The third kappa shape index (κ3) is 4.03. The zero-order valence-corrected chi connectivity index (χ0v) is 12.6. The minimum Gasteiger partial charge on any atom is -0.310 e. The molecule has 0 amide bonds. The van der Waals surface area contributed by atoms with Gasteiger partial charge in [0.2, 0.25) is 0 Å². The summed E-state index contributed by atoms with van der Waals surface area (Å²) in [6.07, 6.45) is 0.961. The van der Waals surface area contributed by atoms with Gasteiger partial charge < -0.3 is 5.32 Å². The van der Waals surface area contributed by atoms with Gasteiger partial charge in [0.05, 0.1) is 9.95 Å². The second-order valence-corrected chi connectivity index (χ2v) is 6.04. The van der Waals surface area contributed by atoms with E-state index < -0.39 is 4.92 Å². The van der Waals surface area contributed by atoms with Gasteiger partial charge in [-0.1, -0.05) is 17.7 Å². The van der Waals surface area contributed by atoms with Crippen molar-refractivity contribution in [2.45, 2.75) is 25.9 Å². The quantitative estimate of drug-likeness (QED) is 0.647. The molecule has 20 heavy (non-hydrogen) atoms. The summed E-state index contributed by atoms with van der Waals surface area (Å²) in [5.41, 5.74) is 0.890. The molecule has 0 fully saturated rings. The number of nitro groups is 1. The summed E-state index contributed by atoms with van der Waals surface area (Å²) in [5.74, 6) is 0. The van der Waals surface area contributed by atoms with Crippen molar-refractivity contribution in [1.82, 2.24) is 5.32 Å². The van der Waals surface area contributed by atoms with Crippen molar-refractivity contribution in [3.8, 4) is 0 Å². The van der Waals surface area contributed by atoms with Gasteiger partial charge in [-0.15, -0.1) is 11.3 Å². The second-order valence-electron chi connectivity index (χ2n) is 4.60. The molecule has 0 saturated heterocycles. The first-order chi connectivity index (χ1) is 9.56. The molecule has 1 heterocycles. The Morgan fingerprint density at radius 2 is 2.25 bits per heavy atom. The van der Waals surface area contributed by atoms with Crippen molar-refractivity contribution >= 4 is 28.6 Å². The maximum absolute atomic E-state index is 10.6. The van der Waals surface area contributed by atoms with Gasteiger partial charge in [0.25, 0.3) is 5.69 Å². The van der Waals surface area contributed by atoms with E-state index in [1.165, 1.54) is 17.0 Å². The Bertz CT molecular complexity index is 587. The molecule has 0 radical (unpaired) electrons. The number of hydrogen-bond acceptors (Lipinski definition) is 4. The van der Waals surface area contributed by atoms with Crippen LogP contribution in [0.4, 0.5) is 5.69 Å². The van der Waals surface area contributed by atoms with E-state index in [1.54, 1.807) is 17.4 Å². The number of nitrogens with zero attached hydrogens (tertiary/aromatic N) is 1. The Morgan fingerprint density at radius 1 is 1.45 bits per heavy atom. The fourth-order valence-corrected chi connectivity index (χ4v) is 2.96. The van der Waals surface area contributed by atoms with Crippen molar-refractivity contribution in [3.63, 3.8) is 0 Å². The van der Waals surface area contributed by atoms with E-state index in [-0.39, 0.29) is 5.69 Å². The van der Waals surface area contributed by atoms with Gasteiger partial charge in [0.15, 0.2) is 0 Å². The highest BCUT2D eigenvalue weighted by Gasteiger charge is 2.10. The minimum atomic E-state index is -0.442. The molecule has 1 aromatic carbocycles. The molecular formula is C14H15ClN2O2S. The number of nitrogens with one attached hydrogen (secondary N) is 1. The van der Waals surface area contributed by atoms with Gasteiger partial charge in [-0.25, -0.2) is 0 Å². The molecule has 1 N–H and O–H groups in total. The molecule has 1 atom stereocenters. The summed E-state index contributed by atoms with van der Waals surface area (Å²) in [4.78, 5) is 11.5. The maximum Gasteiger partial charge on any atom is 0.270 e. The topological polar surface area (TPSA) is 55.2 Å². The van der Waals surface area contributed by atoms with Crippen LogP contribution in [0.25, 0.3) is 0 Å². The number of halogens is 1. The third-order valence-corrected chi connectivity index (χ3v) is 4.23. The minimum absolute atomic E-state index is 0.0189. The Balaban J connectivity index is 1.92. The van der Waals surface area contributed by atoms with Crippen LogP contribution in [0.1, 0.15) is 17.4 Å². The number of rotatable bonds is 6. The smallest absolute Gasteiger partial charge is 0.270 e. The van der Waals surface area contributed by atoms with E-state index in [9.17, 15) is 10.1 Å². The first-order valence-electron chi connectivity index (χ1n) is 6.25. The number of non-ortho nitro benzene ring substituents is 1. The lowest BCUT2D eigenvalue weighted by Crippen LogP contribution is -2.27. The number of thiophene rings is 1. The molecule has 6 heteroatoms. The SMILES string of the molecule is CC(Cc1cccs1)NCc1ccc([N+](=O)[O-])cc1Cl. The van der Waals surface area contributed by atoms with E-state index in [2.05, 4.69) is 23.7 Å². The second kappa shape index (κ2) is 6.83. The van der Waals surface area contributed by atoms with Crippen LogP contribution in [-0.2, 0) is 13.0 Å². The maximum atomic E-state index is 10.6. The van der Waals surface area contributed by atoms with E-state index in [0.29, 0.717) is 17.6 Å². The van der Waals surface area contributed by atoms with Gasteiger partial charge in [0.1, 0.15) is 0 Å². The Labute approximate surface area is 126 Å². The van der Waals surface area contributed by atoms with Crippen LogP contribution in [0, 0.1) is 10.1 Å². The van der Waals surface area contributed by atoms with Crippen LogP contribution < -0.4 is 5.32 Å². The average Bonchev–Trinajstić information content (AvgIpc) is 2.90. The van der Waals surface area contributed by atoms with Gasteiger partial charge in [-0.2, -0.15) is 0 Å². The van der Waals surface area contributed by atoms with Crippen molar-refractivity contribution in [2.75, 3.05) is 0 Å². The predicted octanol–water partition coefficient (Wildman–Crippen LogP) is 4.03. The van der Waals surface area contributed by atoms with Gasteiger partial charge in [-0.05, 0) is 36.4 Å². The highest BCUT2D eigenvalue weighted by Crippen LogP contribution is 2.22. The average molecular weight is 311 g/mol. The summed E-state index contributed by atoms with van der Waals surface area (Å²) >= 11 is 7.80. The molecule has 0 aliphatic heterocycles. The van der Waals surface area contributed by atoms with Crippen LogP contribution in [-0.4, -0.2) is 11.0 Å². The molecule has 0 bridgehead atoms. The molecule has 0 aliphatic carbocycles. The van der Waals surface area contributed by atoms with Crippen LogP contribution in [0.2, 0.25) is 5.02 Å². The molecular weight excluding hydrogens is 296 g/mol. The lowest BCUT2D eigenvalue weighted by atomic mass is 10.1. The van der Waals surface area contributed by atoms with E-state index in [1.807, 2.05) is 6.07 Å². The highest BCUT2D eigenvalue weighted by molar-refractivity contribution is 7.09. The van der Waals surface area contributed by atoms with E-state index in [0.717, 1.165) is 12.0 Å². The van der Waals surface area contributed by atoms with Crippen LogP contribution in [0.3, 0.4) is 0 Å². The Morgan fingerprint density at radius 3 is 2.85 bits per heavy atom. The van der Waals surface area contributed by atoms with Crippen LogP contribution in [0.5, 0.6) is 0 Å². The van der Waals surface area contributed by atoms with Crippen molar-refractivity contribution < 1.29 is 4.92 Å². The molecule has 0 spiro atoms. The largest absolute Gasteiger partial charge is 0.310 e. The first kappa shape index (κ1) is 15.0. The molecule has 2 rings (SSSR count). The van der Waals surface area contributed by atoms with Crippen LogP contribution >= 0.6 is 22.9 Å². The normalized spacial score (nSPS) is 12.3. The zero-order valence-electron chi connectivity index (χ0n) is 11.0. The molecule has 4 nitrogen and oxygen atoms in total. The lowest BCUT2D eigenvalue weighted by Gasteiger charge is -2.13. The third-order valence-electron chi connectivity index (χ3n) is 2.98. The highest BCUT2D eigenvalue weighted by atomic mass is 35.5.